The van der Waals surface area contributed by atoms with Gasteiger partial charge in [-0.25, -0.2) is 0 Å². The zero-order valence-electron chi connectivity index (χ0n) is 13.2. The zero-order valence-corrected chi connectivity index (χ0v) is 13.2. The van der Waals surface area contributed by atoms with E-state index in [2.05, 4.69) is 0 Å². The summed E-state index contributed by atoms with van der Waals surface area (Å²) in [4.78, 5) is 28.3. The Morgan fingerprint density at radius 2 is 1.27 bits per heavy atom. The molecule has 0 atom stereocenters. The zero-order chi connectivity index (χ0) is 15.4. The number of carbonyl (C=O) groups excluding carboxylic acids is 2. The standard InChI is InChI=1S/C16H26N2O4/c19-14(17-7-3-1-2-4-8-17)13-15(20)18-9-5-16(6-10-18)21-11-12-22-16/h1-13H2. The minimum atomic E-state index is -0.467. The van der Waals surface area contributed by atoms with Crippen LogP contribution in [0.5, 0.6) is 0 Å². The molecule has 0 aromatic rings. The van der Waals surface area contributed by atoms with E-state index in [1.165, 1.54) is 12.8 Å². The van der Waals surface area contributed by atoms with Crippen molar-refractivity contribution >= 4 is 11.8 Å². The smallest absolute Gasteiger partial charge is 0.232 e. The molecule has 0 bridgehead atoms. The summed E-state index contributed by atoms with van der Waals surface area (Å²) < 4.78 is 11.3. The van der Waals surface area contributed by atoms with Gasteiger partial charge < -0.3 is 19.3 Å². The predicted molar refractivity (Wildman–Crippen MR) is 80.1 cm³/mol. The maximum atomic E-state index is 12.3. The fourth-order valence-electron chi connectivity index (χ4n) is 3.56. The summed E-state index contributed by atoms with van der Waals surface area (Å²) in [5.41, 5.74) is 0. The number of piperidine rings is 1. The maximum absolute atomic E-state index is 12.3. The van der Waals surface area contributed by atoms with Crippen molar-refractivity contribution < 1.29 is 19.1 Å². The number of hydrogen-bond acceptors (Lipinski definition) is 4. The van der Waals surface area contributed by atoms with Crippen LogP contribution in [0.4, 0.5) is 0 Å². The summed E-state index contributed by atoms with van der Waals surface area (Å²) >= 11 is 0. The highest BCUT2D eigenvalue weighted by Gasteiger charge is 2.41. The molecule has 3 aliphatic heterocycles. The maximum Gasteiger partial charge on any atom is 0.232 e. The van der Waals surface area contributed by atoms with Gasteiger partial charge in [0.2, 0.25) is 11.8 Å². The number of ether oxygens (including phenoxy) is 2. The van der Waals surface area contributed by atoms with E-state index in [1.807, 2.05) is 4.90 Å². The number of carbonyl (C=O) groups is 2. The Morgan fingerprint density at radius 3 is 1.82 bits per heavy atom. The number of hydrogen-bond donors (Lipinski definition) is 0. The summed E-state index contributed by atoms with van der Waals surface area (Å²) in [6.45, 7) is 4.12. The Kier molecular flexibility index (Phi) is 4.98. The second-order valence-electron chi connectivity index (χ2n) is 6.46. The van der Waals surface area contributed by atoms with Crippen molar-refractivity contribution in [2.45, 2.75) is 50.7 Å². The highest BCUT2D eigenvalue weighted by Crippen LogP contribution is 2.31. The molecule has 6 heteroatoms. The molecular formula is C16H26N2O4. The van der Waals surface area contributed by atoms with Crippen molar-refractivity contribution in [1.29, 1.82) is 0 Å². The van der Waals surface area contributed by atoms with Crippen molar-refractivity contribution in [3.05, 3.63) is 0 Å². The fraction of sp³-hybridized carbons (Fsp3) is 0.875. The molecule has 0 aromatic heterocycles. The second kappa shape index (κ2) is 6.96. The molecule has 3 heterocycles. The number of amides is 2. The van der Waals surface area contributed by atoms with E-state index in [-0.39, 0.29) is 18.2 Å². The highest BCUT2D eigenvalue weighted by molar-refractivity contribution is 5.96. The van der Waals surface area contributed by atoms with Gasteiger partial charge in [-0.05, 0) is 12.8 Å². The van der Waals surface area contributed by atoms with E-state index in [4.69, 9.17) is 9.47 Å². The van der Waals surface area contributed by atoms with Crippen LogP contribution in [-0.4, -0.2) is 66.8 Å². The predicted octanol–water partition coefficient (Wildman–Crippen LogP) is 1.14. The Labute approximate surface area is 131 Å². The molecule has 3 aliphatic rings. The van der Waals surface area contributed by atoms with Gasteiger partial charge in [-0.3, -0.25) is 9.59 Å². The van der Waals surface area contributed by atoms with Gasteiger partial charge in [0.1, 0.15) is 6.42 Å². The van der Waals surface area contributed by atoms with Crippen LogP contribution in [0.3, 0.4) is 0 Å². The van der Waals surface area contributed by atoms with Crippen LogP contribution in [0, 0.1) is 0 Å². The van der Waals surface area contributed by atoms with Crippen LogP contribution in [0.15, 0.2) is 0 Å². The Morgan fingerprint density at radius 1 is 0.773 bits per heavy atom. The monoisotopic (exact) mass is 310 g/mol. The van der Waals surface area contributed by atoms with Crippen molar-refractivity contribution in [2.75, 3.05) is 39.4 Å². The van der Waals surface area contributed by atoms with Crippen LogP contribution in [0.25, 0.3) is 0 Å². The summed E-state index contributed by atoms with van der Waals surface area (Å²) in [6, 6.07) is 0. The lowest BCUT2D eigenvalue weighted by Gasteiger charge is -2.37. The van der Waals surface area contributed by atoms with Crippen LogP contribution in [0.2, 0.25) is 0 Å². The molecule has 0 saturated carbocycles. The summed E-state index contributed by atoms with van der Waals surface area (Å²) in [5.74, 6) is -0.534. The van der Waals surface area contributed by atoms with Gasteiger partial charge in [-0.2, -0.15) is 0 Å². The lowest BCUT2D eigenvalue weighted by atomic mass is 10.0. The van der Waals surface area contributed by atoms with E-state index in [1.54, 1.807) is 4.90 Å². The van der Waals surface area contributed by atoms with Crippen molar-refractivity contribution in [1.82, 2.24) is 9.80 Å². The first-order chi connectivity index (χ1) is 10.7. The molecule has 22 heavy (non-hydrogen) atoms. The molecule has 1 spiro atoms. The molecule has 3 fully saturated rings. The third-order valence-electron chi connectivity index (χ3n) is 4.95. The van der Waals surface area contributed by atoms with Gasteiger partial charge in [0.05, 0.1) is 13.2 Å². The summed E-state index contributed by atoms with van der Waals surface area (Å²) in [6.07, 6.45) is 5.90. The average molecular weight is 310 g/mol. The fourth-order valence-corrected chi connectivity index (χ4v) is 3.56. The van der Waals surface area contributed by atoms with Gasteiger partial charge >= 0.3 is 0 Å². The Hall–Kier alpha value is -1.14. The molecule has 0 unspecified atom stereocenters. The van der Waals surface area contributed by atoms with Crippen molar-refractivity contribution in [3.8, 4) is 0 Å². The molecule has 0 aliphatic carbocycles. The van der Waals surface area contributed by atoms with Gasteiger partial charge in [0, 0.05) is 39.0 Å². The van der Waals surface area contributed by atoms with Gasteiger partial charge in [-0.15, -0.1) is 0 Å². The van der Waals surface area contributed by atoms with E-state index >= 15 is 0 Å². The molecule has 124 valence electrons. The highest BCUT2D eigenvalue weighted by atomic mass is 16.7. The van der Waals surface area contributed by atoms with E-state index in [0.29, 0.717) is 39.1 Å². The molecule has 0 aromatic carbocycles. The SMILES string of the molecule is O=C(CC(=O)N1CCC2(CC1)OCCO2)N1CCCCCC1. The summed E-state index contributed by atoms with van der Waals surface area (Å²) in [5, 5.41) is 0. The third-order valence-corrected chi connectivity index (χ3v) is 4.95. The minimum Gasteiger partial charge on any atom is -0.347 e. The lowest BCUT2D eigenvalue weighted by Crippen LogP contribution is -2.48. The molecular weight excluding hydrogens is 284 g/mol. The van der Waals surface area contributed by atoms with Gasteiger partial charge in [-0.1, -0.05) is 12.8 Å². The quantitative estimate of drug-likeness (QED) is 0.718. The molecule has 3 rings (SSSR count). The van der Waals surface area contributed by atoms with Crippen molar-refractivity contribution in [3.63, 3.8) is 0 Å². The van der Waals surface area contributed by atoms with E-state index in [9.17, 15) is 9.59 Å². The first-order valence-electron chi connectivity index (χ1n) is 8.52. The van der Waals surface area contributed by atoms with E-state index in [0.717, 1.165) is 25.9 Å². The number of nitrogens with zero attached hydrogens (tertiary/aromatic N) is 2. The van der Waals surface area contributed by atoms with Crippen LogP contribution in [0.1, 0.15) is 44.9 Å². The van der Waals surface area contributed by atoms with Crippen LogP contribution < -0.4 is 0 Å². The normalized spacial score (nSPS) is 25.3. The number of likely N-dealkylation sites (tertiary alicyclic amines) is 2. The van der Waals surface area contributed by atoms with Gasteiger partial charge in [0.15, 0.2) is 5.79 Å². The van der Waals surface area contributed by atoms with Crippen LogP contribution in [-0.2, 0) is 19.1 Å². The first kappa shape index (κ1) is 15.7. The summed E-state index contributed by atoms with van der Waals surface area (Å²) in [7, 11) is 0. The number of rotatable bonds is 2. The van der Waals surface area contributed by atoms with Gasteiger partial charge in [0.25, 0.3) is 0 Å². The molecule has 0 N–H and O–H groups in total. The Balaban J connectivity index is 1.46. The molecule has 3 saturated heterocycles. The molecule has 2 amide bonds. The molecule has 6 nitrogen and oxygen atoms in total. The van der Waals surface area contributed by atoms with Crippen LogP contribution >= 0.6 is 0 Å². The average Bonchev–Trinajstić information content (AvgIpc) is 2.81. The minimum absolute atomic E-state index is 0.00865. The lowest BCUT2D eigenvalue weighted by molar-refractivity contribution is -0.187. The third kappa shape index (κ3) is 3.60. The van der Waals surface area contributed by atoms with Crippen molar-refractivity contribution in [2.24, 2.45) is 0 Å². The second-order valence-corrected chi connectivity index (χ2v) is 6.46. The topological polar surface area (TPSA) is 59.1 Å². The largest absolute Gasteiger partial charge is 0.347 e. The first-order valence-corrected chi connectivity index (χ1v) is 8.52. The Bertz CT molecular complexity index is 402. The van der Waals surface area contributed by atoms with E-state index < -0.39 is 5.79 Å². The molecule has 0 radical (unpaired) electrons.